The molecule has 2 aliphatic heterocycles. The summed E-state index contributed by atoms with van der Waals surface area (Å²) >= 11 is 5.55. The summed E-state index contributed by atoms with van der Waals surface area (Å²) in [5.41, 5.74) is -0.816. The van der Waals surface area contributed by atoms with E-state index < -0.39 is 63.6 Å². The predicted molar refractivity (Wildman–Crippen MR) is 120 cm³/mol. The number of hydrogen-bond acceptors (Lipinski definition) is 4. The summed E-state index contributed by atoms with van der Waals surface area (Å²) in [6.07, 6.45) is 2.19. The molecule has 0 radical (unpaired) electrons. The van der Waals surface area contributed by atoms with E-state index in [9.17, 15) is 32.7 Å². The van der Waals surface area contributed by atoms with Gasteiger partial charge in [-0.05, 0) is 36.6 Å². The number of aromatic nitrogens is 1. The third kappa shape index (κ3) is 3.74. The summed E-state index contributed by atoms with van der Waals surface area (Å²) in [5, 5.41) is 12.3. The van der Waals surface area contributed by atoms with E-state index in [-0.39, 0.29) is 17.8 Å². The molecule has 3 heterocycles. The Morgan fingerprint density at radius 3 is 2.71 bits per heavy atom. The minimum absolute atomic E-state index is 0.105. The normalized spacial score (nSPS) is 16.4. The van der Waals surface area contributed by atoms with Crippen molar-refractivity contribution in [3.05, 3.63) is 91.6 Å². The van der Waals surface area contributed by atoms with Crippen LogP contribution in [-0.4, -0.2) is 28.0 Å². The lowest BCUT2D eigenvalue weighted by atomic mass is 10.0. The average Bonchev–Trinajstić information content (AvgIpc) is 3.00. The third-order valence-corrected chi connectivity index (χ3v) is 6.68. The van der Waals surface area contributed by atoms with Gasteiger partial charge >= 0.3 is 0 Å². The Bertz CT molecular complexity index is 1470. The third-order valence-electron chi connectivity index (χ3n) is 6.33. The number of nitrogens with zero attached hydrogens (tertiary/aromatic N) is 2. The molecule has 0 aliphatic carbocycles. The van der Waals surface area contributed by atoms with E-state index in [1.165, 1.54) is 27.8 Å². The topological polar surface area (TPSA) is 91.6 Å². The maximum atomic E-state index is 14.1. The van der Waals surface area contributed by atoms with E-state index in [2.05, 4.69) is 5.32 Å². The Hall–Kier alpha value is -3.79. The van der Waals surface area contributed by atoms with Gasteiger partial charge in [0.15, 0.2) is 11.4 Å². The first-order valence-electron chi connectivity index (χ1n) is 10.7. The van der Waals surface area contributed by atoms with Crippen molar-refractivity contribution >= 4 is 29.1 Å². The van der Waals surface area contributed by atoms with Crippen molar-refractivity contribution < 1.29 is 27.9 Å². The van der Waals surface area contributed by atoms with Gasteiger partial charge in [-0.3, -0.25) is 14.4 Å². The maximum absolute atomic E-state index is 14.1. The Morgan fingerprint density at radius 1 is 1.17 bits per heavy atom. The zero-order valence-electron chi connectivity index (χ0n) is 17.9. The number of hydrogen-bond donors (Lipinski definition) is 2. The summed E-state index contributed by atoms with van der Waals surface area (Å²) < 4.78 is 42.8. The fraction of sp³-hybridized carbons (Fsp3) is 0.208. The van der Waals surface area contributed by atoms with Gasteiger partial charge in [-0.25, -0.2) is 13.2 Å². The lowest BCUT2D eigenvalue weighted by molar-refractivity contribution is 0.0929. The molecule has 11 heteroatoms. The molecule has 0 unspecified atom stereocenters. The molecule has 1 atom stereocenters. The molecule has 0 saturated carbocycles. The Labute approximate surface area is 201 Å². The number of pyridine rings is 1. The molecule has 0 saturated heterocycles. The highest BCUT2D eigenvalue weighted by molar-refractivity contribution is 6.31. The highest BCUT2D eigenvalue weighted by Crippen LogP contribution is 2.37. The molecule has 2 aliphatic rings. The average molecular weight is 504 g/mol. The number of carbonyl (C=O) groups is 2. The summed E-state index contributed by atoms with van der Waals surface area (Å²) in [6.45, 7) is -0.241. The number of anilines is 1. The number of fused-ring (bicyclic) bond motifs is 6. The first kappa shape index (κ1) is 23.0. The second kappa shape index (κ2) is 8.46. The predicted octanol–water partition coefficient (Wildman–Crippen LogP) is 3.70. The van der Waals surface area contributed by atoms with Gasteiger partial charge in [-0.2, -0.15) is 0 Å². The molecule has 2 N–H and O–H groups in total. The number of benzene rings is 2. The van der Waals surface area contributed by atoms with Gasteiger partial charge in [-0.15, -0.1) is 0 Å². The fourth-order valence-corrected chi connectivity index (χ4v) is 4.71. The molecule has 2 amide bonds. The lowest BCUT2D eigenvalue weighted by Crippen LogP contribution is -2.44. The molecular weight excluding hydrogens is 487 g/mol. The fourth-order valence-electron chi connectivity index (χ4n) is 4.52. The molecule has 0 fully saturated rings. The van der Waals surface area contributed by atoms with E-state index >= 15 is 0 Å². The number of aryl methyl sites for hydroxylation is 1. The molecule has 180 valence electrons. The second-order valence-electron chi connectivity index (χ2n) is 8.37. The van der Waals surface area contributed by atoms with Crippen molar-refractivity contribution in [3.63, 3.8) is 0 Å². The van der Waals surface area contributed by atoms with Gasteiger partial charge in [0.1, 0.15) is 28.0 Å². The minimum atomic E-state index is -1.08. The van der Waals surface area contributed by atoms with E-state index in [4.69, 9.17) is 11.6 Å². The number of carbonyl (C=O) groups excluding carboxylic acids is 2. The Morgan fingerprint density at radius 2 is 1.94 bits per heavy atom. The number of nitrogens with one attached hydrogen (secondary N) is 1. The molecule has 35 heavy (non-hydrogen) atoms. The Kier molecular flexibility index (Phi) is 5.55. The van der Waals surface area contributed by atoms with Crippen LogP contribution in [0.25, 0.3) is 0 Å². The van der Waals surface area contributed by atoms with Crippen molar-refractivity contribution in [2.24, 2.45) is 0 Å². The van der Waals surface area contributed by atoms with Crippen LogP contribution in [0.1, 0.15) is 44.4 Å². The smallest absolute Gasteiger partial charge is 0.279 e. The highest BCUT2D eigenvalue weighted by Gasteiger charge is 2.38. The van der Waals surface area contributed by atoms with E-state index in [1.54, 1.807) is 6.07 Å². The molecule has 7 nitrogen and oxygen atoms in total. The van der Waals surface area contributed by atoms with Crippen molar-refractivity contribution in [2.75, 3.05) is 11.4 Å². The first-order valence-corrected chi connectivity index (χ1v) is 11.0. The SMILES string of the molecule is O=C(NCc1ccc(F)c(Cl)c1F)c1cn2c(c(O)c1=O)C(=O)N1C[C@H]2CCc2ccc(F)cc21. The van der Waals surface area contributed by atoms with E-state index in [0.29, 0.717) is 18.5 Å². The quantitative estimate of drug-likeness (QED) is 0.533. The maximum Gasteiger partial charge on any atom is 0.279 e. The van der Waals surface area contributed by atoms with Gasteiger partial charge in [-0.1, -0.05) is 23.7 Å². The minimum Gasteiger partial charge on any atom is -0.503 e. The largest absolute Gasteiger partial charge is 0.503 e. The molecule has 3 aromatic rings. The summed E-state index contributed by atoms with van der Waals surface area (Å²) in [5.74, 6) is -5.04. The number of rotatable bonds is 3. The molecule has 2 bridgehead atoms. The summed E-state index contributed by atoms with van der Waals surface area (Å²) in [6, 6.07) is 5.78. The van der Waals surface area contributed by atoms with Gasteiger partial charge in [0, 0.05) is 24.8 Å². The van der Waals surface area contributed by atoms with Gasteiger partial charge in [0.25, 0.3) is 11.8 Å². The van der Waals surface area contributed by atoms with Gasteiger partial charge in [0.05, 0.1) is 11.7 Å². The molecule has 1 aromatic heterocycles. The van der Waals surface area contributed by atoms with Crippen LogP contribution < -0.4 is 15.6 Å². The van der Waals surface area contributed by atoms with Crippen molar-refractivity contribution in [2.45, 2.75) is 25.4 Å². The van der Waals surface area contributed by atoms with Crippen LogP contribution in [-0.2, 0) is 13.0 Å². The lowest BCUT2D eigenvalue weighted by Gasteiger charge is -2.35. The van der Waals surface area contributed by atoms with Gasteiger partial charge < -0.3 is 19.9 Å². The van der Waals surface area contributed by atoms with Crippen LogP contribution in [0.4, 0.5) is 18.9 Å². The van der Waals surface area contributed by atoms with Crippen molar-refractivity contribution in [1.29, 1.82) is 0 Å². The zero-order chi connectivity index (χ0) is 25.0. The Balaban J connectivity index is 1.50. The summed E-state index contributed by atoms with van der Waals surface area (Å²) in [7, 11) is 0. The zero-order valence-corrected chi connectivity index (χ0v) is 18.7. The molecule has 0 spiro atoms. The van der Waals surface area contributed by atoms with E-state index in [0.717, 1.165) is 17.7 Å². The first-order chi connectivity index (χ1) is 16.7. The van der Waals surface area contributed by atoms with Gasteiger partial charge in [0.2, 0.25) is 5.43 Å². The standard InChI is InChI=1S/C24H17ClF3N3O4/c25-18-16(27)6-3-12(19(18)28)8-29-23(34)15-10-30-14-5-2-11-1-4-13(26)7-17(11)31(9-14)24(35)20(30)22(33)21(15)32/h1,3-4,6-7,10,14,33H,2,5,8-9H2,(H,29,34)/t14-/m1/s1. The summed E-state index contributed by atoms with van der Waals surface area (Å²) in [4.78, 5) is 40.1. The number of amides is 2. The van der Waals surface area contributed by atoms with Crippen LogP contribution in [0.5, 0.6) is 5.75 Å². The molecular formula is C24H17ClF3N3O4. The molecule has 5 rings (SSSR count). The van der Waals surface area contributed by atoms with E-state index in [1.807, 2.05) is 0 Å². The van der Waals surface area contributed by atoms with Crippen LogP contribution in [0.2, 0.25) is 5.02 Å². The molecule has 2 aromatic carbocycles. The van der Waals surface area contributed by atoms with Crippen molar-refractivity contribution in [1.82, 2.24) is 9.88 Å². The van der Waals surface area contributed by atoms with Crippen LogP contribution in [0.15, 0.2) is 41.3 Å². The number of aromatic hydroxyl groups is 1. The number of halogens is 4. The van der Waals surface area contributed by atoms with Crippen LogP contribution in [0.3, 0.4) is 0 Å². The second-order valence-corrected chi connectivity index (χ2v) is 8.75. The monoisotopic (exact) mass is 503 g/mol. The van der Waals surface area contributed by atoms with Crippen LogP contribution in [0, 0.1) is 17.5 Å². The highest BCUT2D eigenvalue weighted by atomic mass is 35.5. The van der Waals surface area contributed by atoms with Crippen LogP contribution >= 0.6 is 11.6 Å². The van der Waals surface area contributed by atoms with Crippen molar-refractivity contribution in [3.8, 4) is 5.75 Å².